The van der Waals surface area contributed by atoms with E-state index in [9.17, 15) is 9.59 Å². The summed E-state index contributed by atoms with van der Waals surface area (Å²) in [7, 11) is 0. The van der Waals surface area contributed by atoms with E-state index < -0.39 is 11.5 Å². The average molecular weight is 224 g/mol. The quantitative estimate of drug-likeness (QED) is 0.499. The first kappa shape index (κ1) is 11.2. The summed E-state index contributed by atoms with van der Waals surface area (Å²) in [6.07, 6.45) is 2.23. The summed E-state index contributed by atoms with van der Waals surface area (Å²) < 4.78 is 10.4. The van der Waals surface area contributed by atoms with Crippen molar-refractivity contribution in [2.24, 2.45) is 11.3 Å². The minimum absolute atomic E-state index is 0.0399. The van der Waals surface area contributed by atoms with E-state index >= 15 is 0 Å². The Hall–Kier alpha value is -1.32. The van der Waals surface area contributed by atoms with Gasteiger partial charge in [-0.3, -0.25) is 9.59 Å². The van der Waals surface area contributed by atoms with Gasteiger partial charge >= 0.3 is 11.9 Å². The molecule has 1 saturated heterocycles. The third-order valence-corrected chi connectivity index (χ3v) is 3.73. The summed E-state index contributed by atoms with van der Waals surface area (Å²) in [5.74, 6) is -0.563. The molecule has 4 nitrogen and oxygen atoms in total. The lowest BCUT2D eigenvalue weighted by Gasteiger charge is -2.37. The molecule has 1 heterocycles. The van der Waals surface area contributed by atoms with Crippen molar-refractivity contribution in [3.05, 3.63) is 11.6 Å². The van der Waals surface area contributed by atoms with Crippen molar-refractivity contribution in [1.82, 2.24) is 0 Å². The van der Waals surface area contributed by atoms with Crippen LogP contribution in [0, 0.1) is 11.3 Å². The van der Waals surface area contributed by atoms with Crippen LogP contribution in [0.4, 0.5) is 0 Å². The van der Waals surface area contributed by atoms with Gasteiger partial charge in [-0.1, -0.05) is 11.6 Å². The van der Waals surface area contributed by atoms with Gasteiger partial charge < -0.3 is 9.47 Å². The molecule has 4 heteroatoms. The fourth-order valence-corrected chi connectivity index (χ4v) is 2.64. The van der Waals surface area contributed by atoms with Crippen LogP contribution in [-0.4, -0.2) is 24.6 Å². The molecule has 3 atom stereocenters. The van der Waals surface area contributed by atoms with Crippen LogP contribution in [0.2, 0.25) is 0 Å². The van der Waals surface area contributed by atoms with Crippen LogP contribution in [0.5, 0.6) is 0 Å². The van der Waals surface area contributed by atoms with E-state index in [1.54, 1.807) is 0 Å². The molecule has 0 radical (unpaired) electrons. The van der Waals surface area contributed by atoms with Gasteiger partial charge in [0.1, 0.15) is 11.5 Å². The molecule has 0 saturated carbocycles. The normalized spacial score (nSPS) is 37.4. The van der Waals surface area contributed by atoms with Crippen molar-refractivity contribution < 1.29 is 19.1 Å². The third kappa shape index (κ3) is 1.44. The number of carbonyl (C=O) groups excluding carboxylic acids is 2. The zero-order valence-corrected chi connectivity index (χ0v) is 9.78. The second-order valence-electron chi connectivity index (χ2n) is 4.72. The molecule has 0 bridgehead atoms. The van der Waals surface area contributed by atoms with Crippen molar-refractivity contribution in [1.29, 1.82) is 0 Å². The van der Waals surface area contributed by atoms with Crippen molar-refractivity contribution >= 4 is 11.9 Å². The van der Waals surface area contributed by atoms with Crippen LogP contribution < -0.4 is 0 Å². The number of cyclic esters (lactones) is 1. The van der Waals surface area contributed by atoms with E-state index in [1.165, 1.54) is 6.92 Å². The van der Waals surface area contributed by atoms with Gasteiger partial charge in [0.25, 0.3) is 0 Å². The molecule has 0 aromatic heterocycles. The Morgan fingerprint density at radius 1 is 1.62 bits per heavy atom. The fourth-order valence-electron chi connectivity index (χ4n) is 2.64. The molecule has 0 spiro atoms. The fraction of sp³-hybridized carbons (Fsp3) is 0.667. The molecule has 88 valence electrons. The Kier molecular flexibility index (Phi) is 2.52. The van der Waals surface area contributed by atoms with Gasteiger partial charge in [0.05, 0.1) is 6.61 Å². The maximum absolute atomic E-state index is 11.8. The van der Waals surface area contributed by atoms with Gasteiger partial charge in [-0.25, -0.2) is 0 Å². The minimum atomic E-state index is -0.704. The summed E-state index contributed by atoms with van der Waals surface area (Å²) in [4.78, 5) is 22.9. The van der Waals surface area contributed by atoms with Crippen LogP contribution in [0.15, 0.2) is 11.6 Å². The number of fused-ring (bicyclic) bond motifs is 1. The first-order chi connectivity index (χ1) is 7.46. The second-order valence-corrected chi connectivity index (χ2v) is 4.72. The predicted octanol–water partition coefficient (Wildman–Crippen LogP) is 1.45. The summed E-state index contributed by atoms with van der Waals surface area (Å²) in [5, 5.41) is 0. The Morgan fingerprint density at radius 2 is 2.31 bits per heavy atom. The van der Waals surface area contributed by atoms with E-state index in [2.05, 4.69) is 0 Å². The summed E-state index contributed by atoms with van der Waals surface area (Å²) in [6, 6.07) is 0. The number of hydrogen-bond acceptors (Lipinski definition) is 4. The molecule has 0 aromatic carbocycles. The van der Waals surface area contributed by atoms with Gasteiger partial charge in [-0.15, -0.1) is 0 Å². The molecule has 0 N–H and O–H groups in total. The Labute approximate surface area is 94.6 Å². The van der Waals surface area contributed by atoms with E-state index in [0.29, 0.717) is 13.0 Å². The molecule has 1 fully saturated rings. The number of hydrogen-bond donors (Lipinski definition) is 0. The van der Waals surface area contributed by atoms with Crippen molar-refractivity contribution in [3.8, 4) is 0 Å². The zero-order valence-electron chi connectivity index (χ0n) is 9.78. The molecular weight excluding hydrogens is 208 g/mol. The van der Waals surface area contributed by atoms with E-state index in [0.717, 1.165) is 5.57 Å². The standard InChI is InChI=1S/C12H16O4/c1-7-4-5-10(16-8(2)13)12(3)9(7)6-15-11(12)14/h4,9-10H,5-6H2,1-3H3/t9-,10+,12-/m0/s1. The Bertz CT molecular complexity index is 371. The zero-order chi connectivity index (χ0) is 11.9. The Morgan fingerprint density at radius 3 is 2.94 bits per heavy atom. The molecule has 2 rings (SSSR count). The highest BCUT2D eigenvalue weighted by molar-refractivity contribution is 5.81. The first-order valence-corrected chi connectivity index (χ1v) is 5.47. The highest BCUT2D eigenvalue weighted by Gasteiger charge is 2.57. The highest BCUT2D eigenvalue weighted by atomic mass is 16.6. The lowest BCUT2D eigenvalue weighted by molar-refractivity contribution is -0.163. The van der Waals surface area contributed by atoms with Crippen LogP contribution in [0.3, 0.4) is 0 Å². The largest absolute Gasteiger partial charge is 0.464 e. The van der Waals surface area contributed by atoms with Gasteiger partial charge in [-0.05, 0) is 13.8 Å². The number of esters is 2. The molecule has 0 amide bonds. The minimum Gasteiger partial charge on any atom is -0.464 e. The van der Waals surface area contributed by atoms with Crippen LogP contribution in [0.1, 0.15) is 27.2 Å². The number of carbonyl (C=O) groups is 2. The van der Waals surface area contributed by atoms with Crippen LogP contribution in [-0.2, 0) is 19.1 Å². The van der Waals surface area contributed by atoms with E-state index in [1.807, 2.05) is 19.9 Å². The van der Waals surface area contributed by atoms with Crippen molar-refractivity contribution in [2.75, 3.05) is 6.61 Å². The van der Waals surface area contributed by atoms with E-state index in [4.69, 9.17) is 9.47 Å². The summed E-state index contributed by atoms with van der Waals surface area (Å²) in [5.41, 5.74) is 0.446. The van der Waals surface area contributed by atoms with Crippen molar-refractivity contribution in [2.45, 2.75) is 33.3 Å². The third-order valence-electron chi connectivity index (χ3n) is 3.73. The average Bonchev–Trinajstić information content (AvgIpc) is 2.50. The predicted molar refractivity (Wildman–Crippen MR) is 56.5 cm³/mol. The summed E-state index contributed by atoms with van der Waals surface area (Å²) >= 11 is 0. The molecule has 0 unspecified atom stereocenters. The molecule has 1 aliphatic heterocycles. The smallest absolute Gasteiger partial charge is 0.316 e. The van der Waals surface area contributed by atoms with Gasteiger partial charge in [0, 0.05) is 19.3 Å². The highest BCUT2D eigenvalue weighted by Crippen LogP contribution is 2.47. The maximum Gasteiger partial charge on any atom is 0.316 e. The second kappa shape index (κ2) is 3.61. The molecule has 16 heavy (non-hydrogen) atoms. The molecule has 2 aliphatic rings. The maximum atomic E-state index is 11.8. The lowest BCUT2D eigenvalue weighted by atomic mass is 9.67. The van der Waals surface area contributed by atoms with Crippen molar-refractivity contribution in [3.63, 3.8) is 0 Å². The van der Waals surface area contributed by atoms with Gasteiger partial charge in [0.15, 0.2) is 0 Å². The molecule has 0 aromatic rings. The molecule has 1 aliphatic carbocycles. The van der Waals surface area contributed by atoms with Crippen LogP contribution >= 0.6 is 0 Å². The monoisotopic (exact) mass is 224 g/mol. The summed E-state index contributed by atoms with van der Waals surface area (Å²) in [6.45, 7) is 5.59. The Balaban J connectivity index is 2.34. The van der Waals surface area contributed by atoms with Gasteiger partial charge in [-0.2, -0.15) is 0 Å². The molecular formula is C12H16O4. The number of rotatable bonds is 1. The number of ether oxygens (including phenoxy) is 2. The SMILES string of the molecule is CC(=O)O[C@@H]1CC=C(C)[C@@H]2COC(=O)[C@]12C. The van der Waals surface area contributed by atoms with Gasteiger partial charge in [0.2, 0.25) is 0 Å². The topological polar surface area (TPSA) is 52.6 Å². The first-order valence-electron chi connectivity index (χ1n) is 5.47. The van der Waals surface area contributed by atoms with E-state index in [-0.39, 0.29) is 17.9 Å². The lowest BCUT2D eigenvalue weighted by Crippen LogP contribution is -2.46. The van der Waals surface area contributed by atoms with Crippen LogP contribution in [0.25, 0.3) is 0 Å².